The first-order valence-electron chi connectivity index (χ1n) is 4.30. The van der Waals surface area contributed by atoms with E-state index in [1.54, 1.807) is 0 Å². The van der Waals surface area contributed by atoms with Gasteiger partial charge in [0.1, 0.15) is 0 Å². The van der Waals surface area contributed by atoms with Crippen molar-refractivity contribution in [2.75, 3.05) is 0 Å². The summed E-state index contributed by atoms with van der Waals surface area (Å²) in [7, 11) is 1.51. The van der Waals surface area contributed by atoms with E-state index in [-0.39, 0.29) is 21.8 Å². The average Bonchev–Trinajstić information content (AvgIpc) is 2.23. The van der Waals surface area contributed by atoms with Crippen LogP contribution >= 0.6 is 11.6 Å². The van der Waals surface area contributed by atoms with Crippen molar-refractivity contribution < 1.29 is 4.92 Å². The lowest BCUT2D eigenvalue weighted by Crippen LogP contribution is -2.17. The van der Waals surface area contributed by atoms with E-state index in [1.165, 1.54) is 23.7 Å². The number of nitrogens with zero attached hydrogens (tertiary/aromatic N) is 3. The van der Waals surface area contributed by atoms with Crippen molar-refractivity contribution in [3.63, 3.8) is 0 Å². The largest absolute Gasteiger partial charge is 0.308 e. The van der Waals surface area contributed by atoms with E-state index >= 15 is 0 Å². The van der Waals surface area contributed by atoms with Crippen LogP contribution in [0.3, 0.4) is 0 Å². The van der Waals surface area contributed by atoms with Gasteiger partial charge in [-0.1, -0.05) is 11.6 Å². The lowest BCUT2D eigenvalue weighted by molar-refractivity contribution is -0.383. The third-order valence-electron chi connectivity index (χ3n) is 2.23. The molecule has 7 heteroatoms. The maximum absolute atomic E-state index is 11.3. The van der Waals surface area contributed by atoms with Gasteiger partial charge in [-0.15, -0.1) is 0 Å². The molecular formula is C9H6ClN3O3. The van der Waals surface area contributed by atoms with Crippen LogP contribution in [0.5, 0.6) is 0 Å². The topological polar surface area (TPSA) is 78.0 Å². The molecule has 2 aromatic rings. The highest BCUT2D eigenvalue weighted by Gasteiger charge is 2.16. The lowest BCUT2D eigenvalue weighted by Gasteiger charge is -2.04. The van der Waals surface area contributed by atoms with Crippen LogP contribution in [0, 0.1) is 10.1 Å². The van der Waals surface area contributed by atoms with Gasteiger partial charge in [-0.25, -0.2) is 4.98 Å². The molecule has 0 unspecified atom stereocenters. The molecule has 0 radical (unpaired) electrons. The molecule has 0 saturated carbocycles. The standard InChI is InChI=1S/C9H6ClN3O3/c1-12-6-2-5(10)3-7(13(15)16)9(6)11-4-8(12)14/h2-4H,1H3. The monoisotopic (exact) mass is 239 g/mol. The maximum Gasteiger partial charge on any atom is 0.298 e. The van der Waals surface area contributed by atoms with Crippen LogP contribution in [-0.2, 0) is 7.05 Å². The normalized spacial score (nSPS) is 10.6. The molecule has 0 spiro atoms. The Labute approximate surface area is 94.2 Å². The van der Waals surface area contributed by atoms with E-state index in [0.29, 0.717) is 5.52 Å². The Morgan fingerprint density at radius 1 is 1.50 bits per heavy atom. The molecule has 0 aliphatic carbocycles. The van der Waals surface area contributed by atoms with Crippen LogP contribution in [0.4, 0.5) is 5.69 Å². The van der Waals surface area contributed by atoms with Gasteiger partial charge in [-0.2, -0.15) is 0 Å². The molecule has 2 rings (SSSR count). The molecule has 0 bridgehead atoms. The van der Waals surface area contributed by atoms with E-state index in [2.05, 4.69) is 4.98 Å². The SMILES string of the molecule is Cn1c(=O)cnc2c([N+](=O)[O-])cc(Cl)cc21. The molecule has 0 atom stereocenters. The summed E-state index contributed by atoms with van der Waals surface area (Å²) in [6.07, 6.45) is 1.04. The number of aryl methyl sites for hydroxylation is 1. The maximum atomic E-state index is 11.3. The number of aromatic nitrogens is 2. The van der Waals surface area contributed by atoms with Crippen molar-refractivity contribution in [3.05, 3.63) is 43.8 Å². The van der Waals surface area contributed by atoms with E-state index < -0.39 is 4.92 Å². The minimum Gasteiger partial charge on any atom is -0.308 e. The Balaban J connectivity index is 3.00. The van der Waals surface area contributed by atoms with Crippen molar-refractivity contribution in [2.45, 2.75) is 0 Å². The van der Waals surface area contributed by atoms with Crippen LogP contribution < -0.4 is 5.56 Å². The van der Waals surface area contributed by atoms with E-state index in [4.69, 9.17) is 11.6 Å². The summed E-state index contributed by atoms with van der Waals surface area (Å²) in [5.41, 5.74) is -0.0645. The van der Waals surface area contributed by atoms with E-state index in [9.17, 15) is 14.9 Å². The number of hydrogen-bond donors (Lipinski definition) is 0. The second-order valence-corrected chi connectivity index (χ2v) is 3.64. The third kappa shape index (κ3) is 1.53. The smallest absolute Gasteiger partial charge is 0.298 e. The summed E-state index contributed by atoms with van der Waals surface area (Å²) >= 11 is 5.74. The summed E-state index contributed by atoms with van der Waals surface area (Å²) in [6, 6.07) is 2.68. The molecule has 0 fully saturated rings. The molecule has 16 heavy (non-hydrogen) atoms. The van der Waals surface area contributed by atoms with Gasteiger partial charge in [0.25, 0.3) is 11.2 Å². The lowest BCUT2D eigenvalue weighted by atomic mass is 10.2. The van der Waals surface area contributed by atoms with Crippen LogP contribution in [0.15, 0.2) is 23.1 Å². The van der Waals surface area contributed by atoms with Gasteiger partial charge in [0.05, 0.1) is 16.6 Å². The molecule has 82 valence electrons. The number of hydrogen-bond acceptors (Lipinski definition) is 4. The van der Waals surface area contributed by atoms with Crippen molar-refractivity contribution in [1.82, 2.24) is 9.55 Å². The molecule has 0 N–H and O–H groups in total. The van der Waals surface area contributed by atoms with E-state index in [1.807, 2.05) is 0 Å². The number of benzene rings is 1. The first kappa shape index (κ1) is 10.6. The zero-order valence-electron chi connectivity index (χ0n) is 8.18. The Bertz CT molecular complexity index is 650. The number of non-ortho nitro benzene ring substituents is 1. The molecule has 0 amide bonds. The highest BCUT2D eigenvalue weighted by atomic mass is 35.5. The highest BCUT2D eigenvalue weighted by Crippen LogP contribution is 2.26. The van der Waals surface area contributed by atoms with E-state index in [0.717, 1.165) is 6.20 Å². The Hall–Kier alpha value is -1.95. The van der Waals surface area contributed by atoms with Gasteiger partial charge in [0, 0.05) is 18.1 Å². The summed E-state index contributed by atoms with van der Waals surface area (Å²) in [5.74, 6) is 0. The second kappa shape index (κ2) is 3.57. The van der Waals surface area contributed by atoms with Crippen molar-refractivity contribution in [1.29, 1.82) is 0 Å². The predicted octanol–water partition coefficient (Wildman–Crippen LogP) is 1.50. The van der Waals surface area contributed by atoms with Crippen LogP contribution in [-0.4, -0.2) is 14.5 Å². The van der Waals surface area contributed by atoms with Crippen LogP contribution in [0.1, 0.15) is 0 Å². The Morgan fingerprint density at radius 2 is 2.19 bits per heavy atom. The molecule has 0 aliphatic heterocycles. The molecule has 6 nitrogen and oxygen atoms in total. The zero-order chi connectivity index (χ0) is 11.9. The summed E-state index contributed by atoms with van der Waals surface area (Å²) in [6.45, 7) is 0. The van der Waals surface area contributed by atoms with Crippen LogP contribution in [0.25, 0.3) is 11.0 Å². The fraction of sp³-hybridized carbons (Fsp3) is 0.111. The zero-order valence-corrected chi connectivity index (χ0v) is 8.93. The van der Waals surface area contributed by atoms with Crippen molar-refractivity contribution in [3.8, 4) is 0 Å². The number of fused-ring (bicyclic) bond motifs is 1. The van der Waals surface area contributed by atoms with Crippen LogP contribution in [0.2, 0.25) is 5.02 Å². The first-order valence-corrected chi connectivity index (χ1v) is 4.68. The Morgan fingerprint density at radius 3 is 2.81 bits per heavy atom. The molecule has 1 heterocycles. The Kier molecular flexibility index (Phi) is 2.35. The molecule has 0 aliphatic rings. The van der Waals surface area contributed by atoms with Crippen molar-refractivity contribution >= 4 is 28.3 Å². The quantitative estimate of drug-likeness (QED) is 0.558. The minimum absolute atomic E-state index is 0.150. The van der Waals surface area contributed by atoms with Gasteiger partial charge in [-0.3, -0.25) is 14.9 Å². The molecule has 0 saturated heterocycles. The summed E-state index contributed by atoms with van der Waals surface area (Å²) in [5, 5.41) is 11.0. The summed E-state index contributed by atoms with van der Waals surface area (Å²) < 4.78 is 1.27. The summed E-state index contributed by atoms with van der Waals surface area (Å²) in [4.78, 5) is 25.3. The fourth-order valence-corrected chi connectivity index (χ4v) is 1.63. The van der Waals surface area contributed by atoms with Gasteiger partial charge in [-0.05, 0) is 6.07 Å². The number of rotatable bonds is 1. The average molecular weight is 240 g/mol. The number of halogens is 1. The number of nitro benzene ring substituents is 1. The third-order valence-corrected chi connectivity index (χ3v) is 2.45. The predicted molar refractivity (Wildman–Crippen MR) is 58.6 cm³/mol. The van der Waals surface area contributed by atoms with Gasteiger partial charge < -0.3 is 4.57 Å². The van der Waals surface area contributed by atoms with Gasteiger partial charge in [0.2, 0.25) is 0 Å². The van der Waals surface area contributed by atoms with Crippen molar-refractivity contribution in [2.24, 2.45) is 7.05 Å². The minimum atomic E-state index is -0.578. The molecular weight excluding hydrogens is 234 g/mol. The highest BCUT2D eigenvalue weighted by molar-refractivity contribution is 6.31. The fourth-order valence-electron chi connectivity index (χ4n) is 1.42. The first-order chi connectivity index (χ1) is 7.50. The van der Waals surface area contributed by atoms with Gasteiger partial charge >= 0.3 is 0 Å². The second-order valence-electron chi connectivity index (χ2n) is 3.21. The van der Waals surface area contributed by atoms with Gasteiger partial charge in [0.15, 0.2) is 5.52 Å². The molecule has 1 aromatic carbocycles. The number of nitro groups is 1. The molecule has 1 aromatic heterocycles.